The minimum atomic E-state index is -3.51. The molecule has 0 atom stereocenters. The van der Waals surface area contributed by atoms with Gasteiger partial charge in [0.2, 0.25) is 5.91 Å². The highest BCUT2D eigenvalue weighted by Gasteiger charge is 2.18. The van der Waals surface area contributed by atoms with Crippen molar-refractivity contribution in [3.63, 3.8) is 0 Å². The Hall–Kier alpha value is -0.780. The number of amides is 1. The van der Waals surface area contributed by atoms with E-state index in [2.05, 4.69) is 5.32 Å². The molecule has 0 fully saturated rings. The van der Waals surface area contributed by atoms with Crippen LogP contribution in [0.2, 0.25) is 5.02 Å². The number of hydrogen-bond donors (Lipinski definition) is 1. The van der Waals surface area contributed by atoms with E-state index in [4.69, 9.17) is 23.2 Å². The molecule has 1 aromatic carbocycles. The van der Waals surface area contributed by atoms with Crippen LogP contribution in [0, 0.1) is 0 Å². The Morgan fingerprint density at radius 3 is 2.56 bits per heavy atom. The van der Waals surface area contributed by atoms with Crippen LogP contribution in [0.4, 0.5) is 5.69 Å². The highest BCUT2D eigenvalue weighted by Crippen LogP contribution is 2.29. The molecule has 4 nitrogen and oxygen atoms in total. The molecule has 1 amide bonds. The monoisotopic (exact) mass is 281 g/mol. The molecule has 0 aromatic heterocycles. The van der Waals surface area contributed by atoms with Crippen LogP contribution < -0.4 is 5.32 Å². The molecule has 0 radical (unpaired) electrons. The first-order valence-corrected chi connectivity index (χ1v) is 7.01. The summed E-state index contributed by atoms with van der Waals surface area (Å²) in [6, 6.07) is 4.43. The van der Waals surface area contributed by atoms with E-state index in [1.807, 2.05) is 0 Å². The van der Waals surface area contributed by atoms with Crippen LogP contribution in [-0.4, -0.2) is 26.5 Å². The SMILES string of the molecule is CS(=O)(=O)c1c(Cl)cccc1NC(=O)CCl. The molecule has 0 saturated carbocycles. The predicted molar refractivity (Wildman–Crippen MR) is 63.9 cm³/mol. The average Bonchev–Trinajstić information content (AvgIpc) is 2.15. The summed E-state index contributed by atoms with van der Waals surface area (Å²) in [7, 11) is -3.51. The van der Waals surface area contributed by atoms with Crippen molar-refractivity contribution in [2.45, 2.75) is 4.90 Å². The first kappa shape index (κ1) is 13.3. The summed E-state index contributed by atoms with van der Waals surface area (Å²) in [4.78, 5) is 11.0. The van der Waals surface area contributed by atoms with E-state index in [1.165, 1.54) is 12.1 Å². The van der Waals surface area contributed by atoms with Crippen LogP contribution in [0.5, 0.6) is 0 Å². The second-order valence-corrected chi connectivity index (χ2v) is 5.70. The van der Waals surface area contributed by atoms with Gasteiger partial charge in [0.25, 0.3) is 0 Å². The smallest absolute Gasteiger partial charge is 0.239 e. The molecule has 0 aliphatic heterocycles. The Labute approximate surface area is 103 Å². The summed E-state index contributed by atoms with van der Waals surface area (Å²) in [5.74, 6) is -0.746. The molecule has 0 heterocycles. The maximum absolute atomic E-state index is 11.5. The van der Waals surface area contributed by atoms with Crippen molar-refractivity contribution >= 4 is 44.6 Å². The third-order valence-corrected chi connectivity index (χ3v) is 3.58. The minimum absolute atomic E-state index is 0.0647. The fourth-order valence-corrected chi connectivity index (χ4v) is 2.77. The van der Waals surface area contributed by atoms with E-state index < -0.39 is 15.7 Å². The summed E-state index contributed by atoms with van der Waals surface area (Å²) in [6.07, 6.45) is 1.02. The molecular weight excluding hydrogens is 273 g/mol. The molecule has 1 rings (SSSR count). The lowest BCUT2D eigenvalue weighted by molar-refractivity contribution is -0.113. The second-order valence-electron chi connectivity index (χ2n) is 3.07. The van der Waals surface area contributed by atoms with Crippen LogP contribution >= 0.6 is 23.2 Å². The number of sulfone groups is 1. The number of rotatable bonds is 3. The van der Waals surface area contributed by atoms with E-state index in [9.17, 15) is 13.2 Å². The molecular formula is C9H9Cl2NO3S. The quantitative estimate of drug-likeness (QED) is 0.861. The van der Waals surface area contributed by atoms with Gasteiger partial charge in [-0.05, 0) is 12.1 Å². The lowest BCUT2D eigenvalue weighted by atomic mass is 10.3. The molecule has 0 aliphatic carbocycles. The van der Waals surface area contributed by atoms with Gasteiger partial charge < -0.3 is 5.32 Å². The fourth-order valence-electron chi connectivity index (χ4n) is 1.17. The van der Waals surface area contributed by atoms with Crippen LogP contribution in [0.15, 0.2) is 23.1 Å². The van der Waals surface area contributed by atoms with Crippen molar-refractivity contribution in [2.24, 2.45) is 0 Å². The van der Waals surface area contributed by atoms with Gasteiger partial charge in [0.15, 0.2) is 9.84 Å². The largest absolute Gasteiger partial charge is 0.324 e. The lowest BCUT2D eigenvalue weighted by Crippen LogP contribution is -2.15. The van der Waals surface area contributed by atoms with Crippen LogP contribution in [-0.2, 0) is 14.6 Å². The van der Waals surface area contributed by atoms with E-state index in [1.54, 1.807) is 6.07 Å². The Balaban J connectivity index is 3.30. The molecule has 1 aromatic rings. The maximum Gasteiger partial charge on any atom is 0.239 e. The molecule has 0 saturated heterocycles. The summed E-state index contributed by atoms with van der Waals surface area (Å²) in [6.45, 7) is 0. The number of alkyl halides is 1. The number of anilines is 1. The Bertz CT molecular complexity index is 513. The van der Waals surface area contributed by atoms with Crippen molar-refractivity contribution in [3.05, 3.63) is 23.2 Å². The standard InChI is InChI=1S/C9H9Cl2NO3S/c1-16(14,15)9-6(11)3-2-4-7(9)12-8(13)5-10/h2-4H,5H2,1H3,(H,12,13). The number of nitrogens with one attached hydrogen (secondary N) is 1. The number of hydrogen-bond acceptors (Lipinski definition) is 3. The van der Waals surface area contributed by atoms with E-state index >= 15 is 0 Å². The molecule has 0 unspecified atom stereocenters. The van der Waals surface area contributed by atoms with Gasteiger partial charge in [-0.1, -0.05) is 17.7 Å². The first-order chi connectivity index (χ1) is 7.36. The van der Waals surface area contributed by atoms with Gasteiger partial charge >= 0.3 is 0 Å². The molecule has 16 heavy (non-hydrogen) atoms. The fraction of sp³-hybridized carbons (Fsp3) is 0.222. The number of benzene rings is 1. The number of halogens is 2. The summed E-state index contributed by atoms with van der Waals surface area (Å²) < 4.78 is 23.0. The Morgan fingerprint density at radius 2 is 2.06 bits per heavy atom. The Kier molecular flexibility index (Phi) is 4.18. The molecule has 0 aliphatic rings. The molecule has 88 valence electrons. The second kappa shape index (κ2) is 5.03. The zero-order valence-electron chi connectivity index (χ0n) is 8.33. The summed E-state index contributed by atoms with van der Waals surface area (Å²) in [5.41, 5.74) is 0.139. The Morgan fingerprint density at radius 1 is 1.44 bits per heavy atom. The number of carbonyl (C=O) groups excluding carboxylic acids is 1. The van der Waals surface area contributed by atoms with E-state index in [0.29, 0.717) is 0 Å². The highest BCUT2D eigenvalue weighted by atomic mass is 35.5. The summed E-state index contributed by atoms with van der Waals surface area (Å²) >= 11 is 11.1. The molecule has 7 heteroatoms. The van der Waals surface area contributed by atoms with Crippen LogP contribution in [0.25, 0.3) is 0 Å². The lowest BCUT2D eigenvalue weighted by Gasteiger charge is -2.10. The van der Waals surface area contributed by atoms with Crippen molar-refractivity contribution in [2.75, 3.05) is 17.5 Å². The van der Waals surface area contributed by atoms with E-state index in [0.717, 1.165) is 6.26 Å². The van der Waals surface area contributed by atoms with E-state index in [-0.39, 0.29) is 21.5 Å². The average molecular weight is 282 g/mol. The highest BCUT2D eigenvalue weighted by molar-refractivity contribution is 7.91. The van der Waals surface area contributed by atoms with Crippen molar-refractivity contribution in [1.29, 1.82) is 0 Å². The zero-order chi connectivity index (χ0) is 12.3. The van der Waals surface area contributed by atoms with Gasteiger partial charge in [0.1, 0.15) is 10.8 Å². The number of carbonyl (C=O) groups is 1. The van der Waals surface area contributed by atoms with Gasteiger partial charge in [-0.3, -0.25) is 4.79 Å². The van der Waals surface area contributed by atoms with Crippen LogP contribution in [0.3, 0.4) is 0 Å². The molecule has 1 N–H and O–H groups in total. The topological polar surface area (TPSA) is 63.2 Å². The van der Waals surface area contributed by atoms with Crippen molar-refractivity contribution in [3.8, 4) is 0 Å². The minimum Gasteiger partial charge on any atom is -0.324 e. The molecule has 0 spiro atoms. The molecule has 0 bridgehead atoms. The zero-order valence-corrected chi connectivity index (χ0v) is 10.7. The maximum atomic E-state index is 11.5. The van der Waals surface area contributed by atoms with Gasteiger partial charge in [0, 0.05) is 6.26 Å². The first-order valence-electron chi connectivity index (χ1n) is 4.20. The summed E-state index contributed by atoms with van der Waals surface area (Å²) in [5, 5.41) is 2.44. The van der Waals surface area contributed by atoms with Crippen molar-refractivity contribution in [1.82, 2.24) is 0 Å². The van der Waals surface area contributed by atoms with Gasteiger partial charge in [-0.15, -0.1) is 11.6 Å². The predicted octanol–water partition coefficient (Wildman–Crippen LogP) is 1.92. The third-order valence-electron chi connectivity index (χ3n) is 1.73. The normalized spacial score (nSPS) is 11.2. The van der Waals surface area contributed by atoms with Gasteiger partial charge in [-0.25, -0.2) is 8.42 Å². The van der Waals surface area contributed by atoms with Gasteiger partial charge in [0.05, 0.1) is 10.7 Å². The van der Waals surface area contributed by atoms with Gasteiger partial charge in [-0.2, -0.15) is 0 Å². The van der Waals surface area contributed by atoms with Crippen LogP contribution in [0.1, 0.15) is 0 Å². The third kappa shape index (κ3) is 3.10. The van der Waals surface area contributed by atoms with Crippen molar-refractivity contribution < 1.29 is 13.2 Å².